The van der Waals surface area contributed by atoms with E-state index >= 15 is 0 Å². The summed E-state index contributed by atoms with van der Waals surface area (Å²) in [5.74, 6) is -0.178. The molecule has 2 nitrogen and oxygen atoms in total. The van der Waals surface area contributed by atoms with Crippen molar-refractivity contribution in [2.24, 2.45) is 5.92 Å². The average Bonchev–Trinajstić information content (AvgIpc) is 2.65. The van der Waals surface area contributed by atoms with Crippen molar-refractivity contribution in [3.8, 4) is 0 Å². The van der Waals surface area contributed by atoms with Crippen LogP contribution in [0.1, 0.15) is 66.4 Å². The Morgan fingerprint density at radius 2 is 1.76 bits per heavy atom. The van der Waals surface area contributed by atoms with Crippen LogP contribution in [0.15, 0.2) is 54.6 Å². The number of benzene rings is 2. The first kappa shape index (κ1) is 17.6. The first-order valence-corrected chi connectivity index (χ1v) is 9.42. The fraction of sp³-hybridized carbons (Fsp3) is 0.391. The number of hydrogen-bond acceptors (Lipinski definition) is 2. The van der Waals surface area contributed by atoms with Crippen LogP contribution in [-0.4, -0.2) is 11.6 Å². The number of rotatable bonds is 7. The van der Waals surface area contributed by atoms with E-state index in [9.17, 15) is 9.59 Å². The molecule has 2 aromatic rings. The van der Waals surface area contributed by atoms with Crippen LogP contribution < -0.4 is 0 Å². The van der Waals surface area contributed by atoms with Gasteiger partial charge in [0.1, 0.15) is 5.78 Å². The molecule has 1 aliphatic carbocycles. The third kappa shape index (κ3) is 3.89. The standard InChI is InChI=1S/C23H26O2/c1-2-3-5-14-21(24)22(18-11-6-4-7-12-18)20-16-15-17-10-8-9-13-19(17)23(20)25/h4,6-13,20,22H,2-3,5,14-16H2,1H3. The summed E-state index contributed by atoms with van der Waals surface area (Å²) in [6.45, 7) is 2.14. The smallest absolute Gasteiger partial charge is 0.167 e. The molecular formula is C23H26O2. The summed E-state index contributed by atoms with van der Waals surface area (Å²) in [6, 6.07) is 17.7. The molecule has 2 atom stereocenters. The van der Waals surface area contributed by atoms with Crippen molar-refractivity contribution in [3.63, 3.8) is 0 Å². The minimum Gasteiger partial charge on any atom is -0.299 e. The van der Waals surface area contributed by atoms with Gasteiger partial charge in [-0.1, -0.05) is 74.4 Å². The average molecular weight is 334 g/mol. The molecule has 2 unspecified atom stereocenters. The molecule has 0 aromatic heterocycles. The Labute approximate surface area is 150 Å². The first-order chi connectivity index (χ1) is 12.2. The highest BCUT2D eigenvalue weighted by Gasteiger charge is 2.37. The number of carbonyl (C=O) groups is 2. The summed E-state index contributed by atoms with van der Waals surface area (Å²) in [4.78, 5) is 26.1. The van der Waals surface area contributed by atoms with Gasteiger partial charge in [-0.15, -0.1) is 0 Å². The normalized spacial score (nSPS) is 17.8. The Morgan fingerprint density at radius 3 is 2.52 bits per heavy atom. The number of fused-ring (bicyclic) bond motifs is 1. The minimum absolute atomic E-state index is 0.138. The van der Waals surface area contributed by atoms with Gasteiger partial charge in [0.05, 0.1) is 5.92 Å². The second-order valence-corrected chi connectivity index (χ2v) is 6.98. The lowest BCUT2D eigenvalue weighted by Crippen LogP contribution is -2.32. The zero-order valence-electron chi connectivity index (χ0n) is 14.9. The summed E-state index contributed by atoms with van der Waals surface area (Å²) < 4.78 is 0. The van der Waals surface area contributed by atoms with Gasteiger partial charge in [0.25, 0.3) is 0 Å². The number of carbonyl (C=O) groups excluding carboxylic acids is 2. The molecule has 0 heterocycles. The van der Waals surface area contributed by atoms with Crippen molar-refractivity contribution in [1.82, 2.24) is 0 Å². The molecule has 0 saturated carbocycles. The van der Waals surface area contributed by atoms with E-state index in [1.807, 2.05) is 54.6 Å². The predicted molar refractivity (Wildman–Crippen MR) is 101 cm³/mol. The molecule has 2 heteroatoms. The zero-order chi connectivity index (χ0) is 17.6. The van der Waals surface area contributed by atoms with Gasteiger partial charge in [-0.3, -0.25) is 9.59 Å². The van der Waals surface area contributed by atoms with Gasteiger partial charge in [-0.25, -0.2) is 0 Å². The lowest BCUT2D eigenvalue weighted by atomic mass is 9.71. The highest BCUT2D eigenvalue weighted by Crippen LogP contribution is 2.37. The lowest BCUT2D eigenvalue weighted by molar-refractivity contribution is -0.121. The van der Waals surface area contributed by atoms with Crippen molar-refractivity contribution in [2.45, 2.75) is 51.4 Å². The summed E-state index contributed by atoms with van der Waals surface area (Å²) >= 11 is 0. The first-order valence-electron chi connectivity index (χ1n) is 9.42. The molecule has 0 fully saturated rings. The topological polar surface area (TPSA) is 34.1 Å². The van der Waals surface area contributed by atoms with E-state index in [2.05, 4.69) is 6.92 Å². The van der Waals surface area contributed by atoms with Gasteiger partial charge in [0, 0.05) is 17.9 Å². The van der Waals surface area contributed by atoms with Gasteiger partial charge < -0.3 is 0 Å². The van der Waals surface area contributed by atoms with Crippen molar-refractivity contribution in [1.29, 1.82) is 0 Å². The van der Waals surface area contributed by atoms with E-state index in [-0.39, 0.29) is 23.4 Å². The maximum atomic E-state index is 13.1. The second-order valence-electron chi connectivity index (χ2n) is 6.98. The van der Waals surface area contributed by atoms with E-state index in [0.29, 0.717) is 6.42 Å². The number of Topliss-reactive ketones (excluding diaryl/α,β-unsaturated/α-hetero) is 2. The van der Waals surface area contributed by atoms with Crippen LogP contribution in [0.5, 0.6) is 0 Å². The van der Waals surface area contributed by atoms with Crippen molar-refractivity contribution >= 4 is 11.6 Å². The number of aryl methyl sites for hydroxylation is 1. The third-order valence-corrected chi connectivity index (χ3v) is 5.28. The van der Waals surface area contributed by atoms with Crippen LogP contribution >= 0.6 is 0 Å². The molecule has 0 aliphatic heterocycles. The molecule has 2 aromatic carbocycles. The third-order valence-electron chi connectivity index (χ3n) is 5.28. The molecule has 0 spiro atoms. The fourth-order valence-electron chi connectivity index (χ4n) is 3.95. The van der Waals surface area contributed by atoms with E-state index < -0.39 is 0 Å². The molecule has 0 bridgehead atoms. The molecule has 0 amide bonds. The summed E-state index contributed by atoms with van der Waals surface area (Å²) in [5, 5.41) is 0. The minimum atomic E-state index is -0.307. The van der Waals surface area contributed by atoms with E-state index in [1.165, 1.54) is 0 Å². The largest absolute Gasteiger partial charge is 0.299 e. The lowest BCUT2D eigenvalue weighted by Gasteiger charge is -2.30. The Hall–Kier alpha value is -2.22. The van der Waals surface area contributed by atoms with Gasteiger partial charge in [0.15, 0.2) is 5.78 Å². The molecule has 0 saturated heterocycles. The van der Waals surface area contributed by atoms with Crippen LogP contribution in [0.4, 0.5) is 0 Å². The maximum absolute atomic E-state index is 13.1. The Morgan fingerprint density at radius 1 is 1.04 bits per heavy atom. The van der Waals surface area contributed by atoms with Crippen LogP contribution in [0.2, 0.25) is 0 Å². The van der Waals surface area contributed by atoms with E-state index in [4.69, 9.17) is 0 Å². The maximum Gasteiger partial charge on any atom is 0.167 e. The fourth-order valence-corrected chi connectivity index (χ4v) is 3.95. The summed E-state index contributed by atoms with van der Waals surface area (Å²) in [6.07, 6.45) is 5.27. The Kier molecular flexibility index (Phi) is 5.80. The van der Waals surface area contributed by atoms with Gasteiger partial charge in [-0.05, 0) is 30.4 Å². The van der Waals surface area contributed by atoms with Crippen molar-refractivity contribution in [2.75, 3.05) is 0 Å². The quantitative estimate of drug-likeness (QED) is 0.638. The van der Waals surface area contributed by atoms with Crippen molar-refractivity contribution in [3.05, 3.63) is 71.3 Å². The van der Waals surface area contributed by atoms with Crippen LogP contribution in [0, 0.1) is 5.92 Å². The van der Waals surface area contributed by atoms with Gasteiger partial charge in [-0.2, -0.15) is 0 Å². The van der Waals surface area contributed by atoms with Gasteiger partial charge >= 0.3 is 0 Å². The molecule has 1 aliphatic rings. The highest BCUT2D eigenvalue weighted by atomic mass is 16.1. The molecule has 130 valence electrons. The molecule has 25 heavy (non-hydrogen) atoms. The molecular weight excluding hydrogens is 308 g/mol. The van der Waals surface area contributed by atoms with Gasteiger partial charge in [0.2, 0.25) is 0 Å². The van der Waals surface area contributed by atoms with Crippen LogP contribution in [0.25, 0.3) is 0 Å². The van der Waals surface area contributed by atoms with Crippen LogP contribution in [-0.2, 0) is 11.2 Å². The van der Waals surface area contributed by atoms with E-state index in [0.717, 1.165) is 48.8 Å². The number of ketones is 2. The Bertz CT molecular complexity index is 733. The van der Waals surface area contributed by atoms with Crippen LogP contribution in [0.3, 0.4) is 0 Å². The number of hydrogen-bond donors (Lipinski definition) is 0. The summed E-state index contributed by atoms with van der Waals surface area (Å²) in [7, 11) is 0. The SMILES string of the molecule is CCCCCC(=O)C(c1ccccc1)C1CCc2ccccc2C1=O. The summed E-state index contributed by atoms with van der Waals surface area (Å²) in [5.41, 5.74) is 2.91. The Balaban J connectivity index is 1.90. The van der Waals surface area contributed by atoms with Crippen molar-refractivity contribution < 1.29 is 9.59 Å². The predicted octanol–water partition coefficient (Wildman–Crippen LogP) is 5.36. The monoisotopic (exact) mass is 334 g/mol. The zero-order valence-corrected chi connectivity index (χ0v) is 14.9. The van der Waals surface area contributed by atoms with E-state index in [1.54, 1.807) is 0 Å². The molecule has 0 N–H and O–H groups in total. The molecule has 3 rings (SSSR count). The highest BCUT2D eigenvalue weighted by molar-refractivity contribution is 6.04. The second kappa shape index (κ2) is 8.24. The molecule has 0 radical (unpaired) electrons. The number of unbranched alkanes of at least 4 members (excludes halogenated alkanes) is 2.